The van der Waals surface area contributed by atoms with Crippen LogP contribution < -0.4 is 5.32 Å². The normalized spacial score (nSPS) is 12.4. The van der Waals surface area contributed by atoms with Crippen molar-refractivity contribution in [2.75, 3.05) is 6.54 Å². The molecule has 0 heterocycles. The van der Waals surface area contributed by atoms with Crippen LogP contribution in [0.3, 0.4) is 0 Å². The third-order valence-electron chi connectivity index (χ3n) is 3.23. The van der Waals surface area contributed by atoms with Crippen LogP contribution in [0.15, 0.2) is 40.9 Å². The fourth-order valence-electron chi connectivity index (χ4n) is 2.23. The average molecular weight is 375 g/mol. The topological polar surface area (TPSA) is 12.0 Å². The molecule has 112 valence electrons. The van der Waals surface area contributed by atoms with E-state index < -0.39 is 0 Å². The Bertz CT molecular complexity index is 634. The molecule has 0 aromatic heterocycles. The van der Waals surface area contributed by atoms with E-state index in [-0.39, 0.29) is 17.7 Å². The Hall–Kier alpha value is -0.970. The first-order chi connectivity index (χ1) is 10.0. The minimum atomic E-state index is -0.376. The van der Waals surface area contributed by atoms with E-state index in [0.29, 0.717) is 28.0 Å². The molecule has 5 heteroatoms. The maximum atomic E-state index is 14.1. The molecule has 2 aromatic carbocycles. The summed E-state index contributed by atoms with van der Waals surface area (Å²) in [6.07, 6.45) is 0.492. The second-order valence-corrected chi connectivity index (χ2v) is 6.04. The van der Waals surface area contributed by atoms with Crippen LogP contribution in [0.5, 0.6) is 0 Å². The Labute approximate surface area is 136 Å². The molecule has 0 radical (unpaired) electrons. The van der Waals surface area contributed by atoms with Gasteiger partial charge in [-0.3, -0.25) is 0 Å². The van der Waals surface area contributed by atoms with Crippen molar-refractivity contribution in [2.45, 2.75) is 19.4 Å². The summed E-state index contributed by atoms with van der Waals surface area (Å²) in [5, 5.41) is 3.60. The summed E-state index contributed by atoms with van der Waals surface area (Å²) in [5.74, 6) is -0.660. The van der Waals surface area contributed by atoms with Gasteiger partial charge in [0.15, 0.2) is 0 Å². The minimum Gasteiger partial charge on any atom is -0.310 e. The van der Waals surface area contributed by atoms with Crippen LogP contribution in [0.25, 0.3) is 0 Å². The Morgan fingerprint density at radius 2 is 1.95 bits per heavy atom. The molecule has 1 atom stereocenters. The second kappa shape index (κ2) is 7.34. The molecular weight excluding hydrogens is 360 g/mol. The Balaban J connectivity index is 2.30. The lowest BCUT2D eigenvalue weighted by molar-refractivity contribution is 0.509. The quantitative estimate of drug-likeness (QED) is 0.751. The summed E-state index contributed by atoms with van der Waals surface area (Å²) in [6, 6.07) is 9.04. The number of likely N-dealkylation sites (N-methyl/N-ethyl adjacent to an activating group) is 1. The molecule has 1 unspecified atom stereocenters. The number of rotatable bonds is 5. The van der Waals surface area contributed by atoms with Gasteiger partial charge in [0.2, 0.25) is 0 Å². The van der Waals surface area contributed by atoms with E-state index in [9.17, 15) is 8.78 Å². The molecule has 0 aliphatic heterocycles. The lowest BCUT2D eigenvalue weighted by atomic mass is 9.98. The smallest absolute Gasteiger partial charge is 0.129 e. The van der Waals surface area contributed by atoms with Gasteiger partial charge in [0.25, 0.3) is 0 Å². The van der Waals surface area contributed by atoms with E-state index in [1.165, 1.54) is 18.2 Å². The summed E-state index contributed by atoms with van der Waals surface area (Å²) in [4.78, 5) is 0. The van der Waals surface area contributed by atoms with Crippen molar-refractivity contribution < 1.29 is 8.78 Å². The van der Waals surface area contributed by atoms with Gasteiger partial charge < -0.3 is 5.32 Å². The molecule has 21 heavy (non-hydrogen) atoms. The minimum absolute atomic E-state index is 0.217. The van der Waals surface area contributed by atoms with Crippen molar-refractivity contribution in [3.8, 4) is 0 Å². The van der Waals surface area contributed by atoms with E-state index in [2.05, 4.69) is 21.2 Å². The number of hydrogen-bond donors (Lipinski definition) is 1. The highest BCUT2D eigenvalue weighted by atomic mass is 79.9. The van der Waals surface area contributed by atoms with E-state index in [0.717, 1.165) is 5.56 Å². The highest BCUT2D eigenvalue weighted by molar-refractivity contribution is 9.10. The van der Waals surface area contributed by atoms with Gasteiger partial charge in [-0.15, -0.1) is 0 Å². The first kappa shape index (κ1) is 16.4. The molecule has 0 aliphatic carbocycles. The first-order valence-corrected chi connectivity index (χ1v) is 7.80. The van der Waals surface area contributed by atoms with Crippen LogP contribution in [-0.2, 0) is 6.42 Å². The third kappa shape index (κ3) is 4.25. The molecule has 0 amide bonds. The molecule has 0 saturated heterocycles. The lowest BCUT2D eigenvalue weighted by Gasteiger charge is -2.20. The average Bonchev–Trinajstić information content (AvgIpc) is 2.41. The van der Waals surface area contributed by atoms with Crippen molar-refractivity contribution in [3.63, 3.8) is 0 Å². The van der Waals surface area contributed by atoms with Crippen molar-refractivity contribution in [3.05, 3.63) is 68.7 Å². The Morgan fingerprint density at radius 3 is 2.57 bits per heavy atom. The van der Waals surface area contributed by atoms with Gasteiger partial charge in [0, 0.05) is 21.1 Å². The van der Waals surface area contributed by atoms with Gasteiger partial charge in [-0.05, 0) is 42.8 Å². The van der Waals surface area contributed by atoms with E-state index in [4.69, 9.17) is 11.6 Å². The zero-order valence-electron chi connectivity index (χ0n) is 11.5. The van der Waals surface area contributed by atoms with Gasteiger partial charge in [0.1, 0.15) is 11.6 Å². The standard InChI is InChI=1S/C16H15BrClF2N/c1-2-21-16(13-6-4-11(17)8-15(13)20)7-10-3-5-12(19)9-14(10)18/h3-6,8-9,16,21H,2,7H2,1H3. The van der Waals surface area contributed by atoms with E-state index in [1.54, 1.807) is 18.2 Å². The van der Waals surface area contributed by atoms with Gasteiger partial charge in [-0.2, -0.15) is 0 Å². The van der Waals surface area contributed by atoms with E-state index in [1.807, 2.05) is 6.92 Å². The van der Waals surface area contributed by atoms with Crippen LogP contribution in [0.1, 0.15) is 24.1 Å². The van der Waals surface area contributed by atoms with Crippen molar-refractivity contribution in [2.24, 2.45) is 0 Å². The molecule has 0 spiro atoms. The molecular formula is C16H15BrClF2N. The molecule has 0 saturated carbocycles. The molecule has 2 rings (SSSR count). The third-order valence-corrected chi connectivity index (χ3v) is 4.07. The molecule has 1 nitrogen and oxygen atoms in total. The summed E-state index contributed by atoms with van der Waals surface area (Å²) >= 11 is 9.30. The fourth-order valence-corrected chi connectivity index (χ4v) is 2.81. The van der Waals surface area contributed by atoms with Crippen LogP contribution in [-0.4, -0.2) is 6.54 Å². The molecule has 0 fully saturated rings. The van der Waals surface area contributed by atoms with Gasteiger partial charge in [-0.1, -0.05) is 46.6 Å². The van der Waals surface area contributed by atoms with Gasteiger partial charge >= 0.3 is 0 Å². The van der Waals surface area contributed by atoms with Crippen LogP contribution in [0.4, 0.5) is 8.78 Å². The maximum absolute atomic E-state index is 14.1. The summed E-state index contributed by atoms with van der Waals surface area (Å²) in [6.45, 7) is 2.65. The molecule has 1 N–H and O–H groups in total. The zero-order valence-corrected chi connectivity index (χ0v) is 13.8. The number of hydrogen-bond acceptors (Lipinski definition) is 1. The Kier molecular flexibility index (Phi) is 5.73. The zero-order chi connectivity index (χ0) is 15.4. The first-order valence-electron chi connectivity index (χ1n) is 6.63. The highest BCUT2D eigenvalue weighted by Gasteiger charge is 2.17. The summed E-state index contributed by atoms with van der Waals surface area (Å²) in [7, 11) is 0. The SMILES string of the molecule is CCNC(Cc1ccc(F)cc1Cl)c1ccc(Br)cc1F. The summed E-state index contributed by atoms with van der Waals surface area (Å²) < 4.78 is 27.9. The van der Waals surface area contributed by atoms with Crippen molar-refractivity contribution in [1.29, 1.82) is 0 Å². The number of nitrogens with one attached hydrogen (secondary N) is 1. The predicted molar refractivity (Wildman–Crippen MR) is 85.6 cm³/mol. The van der Waals surface area contributed by atoms with Crippen LogP contribution >= 0.6 is 27.5 Å². The largest absolute Gasteiger partial charge is 0.310 e. The van der Waals surface area contributed by atoms with Crippen LogP contribution in [0, 0.1) is 11.6 Å². The number of halogens is 4. The van der Waals surface area contributed by atoms with Gasteiger partial charge in [-0.25, -0.2) is 8.78 Å². The van der Waals surface area contributed by atoms with Gasteiger partial charge in [0.05, 0.1) is 0 Å². The lowest BCUT2D eigenvalue weighted by Crippen LogP contribution is -2.24. The van der Waals surface area contributed by atoms with Crippen LogP contribution in [0.2, 0.25) is 5.02 Å². The second-order valence-electron chi connectivity index (χ2n) is 4.72. The molecule has 0 aliphatic rings. The van der Waals surface area contributed by atoms with E-state index >= 15 is 0 Å². The Morgan fingerprint density at radius 1 is 1.19 bits per heavy atom. The fraction of sp³-hybridized carbons (Fsp3) is 0.250. The summed E-state index contributed by atoms with van der Waals surface area (Å²) in [5.41, 5.74) is 1.35. The number of benzene rings is 2. The van der Waals surface area contributed by atoms with Crippen molar-refractivity contribution in [1.82, 2.24) is 5.32 Å². The molecule has 2 aromatic rings. The highest BCUT2D eigenvalue weighted by Crippen LogP contribution is 2.27. The monoisotopic (exact) mass is 373 g/mol. The maximum Gasteiger partial charge on any atom is 0.129 e. The predicted octanol–water partition coefficient (Wildman–Crippen LogP) is 5.27. The molecule has 0 bridgehead atoms. The van der Waals surface area contributed by atoms with Crippen molar-refractivity contribution >= 4 is 27.5 Å².